The summed E-state index contributed by atoms with van der Waals surface area (Å²) in [4.78, 5) is 0.445. The molecule has 0 N–H and O–H groups in total. The van der Waals surface area contributed by atoms with Crippen molar-refractivity contribution in [3.8, 4) is 0 Å². The van der Waals surface area contributed by atoms with Crippen LogP contribution in [0.25, 0.3) is 0 Å². The Bertz CT molecular complexity index is 817. The standard InChI is InChI=1S/C23H35NO5S/c1-2-27-15-16-28-21-9-14-29-23(18-21)10-12-24(13-11-23)30(25,26)22-8-7-19-5-3-4-6-20(19)17-22/h7-8,17,21H,2-6,9-16,18H2,1H3. The Hall–Kier alpha value is -0.990. The van der Waals surface area contributed by atoms with E-state index in [1.807, 2.05) is 19.1 Å². The normalized spacial score (nSPS) is 24.6. The monoisotopic (exact) mass is 437 g/mol. The molecule has 30 heavy (non-hydrogen) atoms. The van der Waals surface area contributed by atoms with Crippen molar-refractivity contribution >= 4 is 10.0 Å². The third-order valence-corrected chi connectivity index (χ3v) is 8.72. The van der Waals surface area contributed by atoms with Gasteiger partial charge in [0.2, 0.25) is 10.0 Å². The topological polar surface area (TPSA) is 65.1 Å². The summed E-state index contributed by atoms with van der Waals surface area (Å²) in [5.41, 5.74) is 2.26. The van der Waals surface area contributed by atoms with Crippen LogP contribution in [0.4, 0.5) is 0 Å². The van der Waals surface area contributed by atoms with Crippen LogP contribution in [-0.4, -0.2) is 63.9 Å². The Kier molecular flexibility index (Phi) is 7.15. The SMILES string of the molecule is CCOCCOC1CCOC2(CCN(S(=O)(=O)c3ccc4c(c3)CCCC4)CC2)C1. The minimum absolute atomic E-state index is 0.169. The van der Waals surface area contributed by atoms with Crippen LogP contribution in [0.3, 0.4) is 0 Å². The van der Waals surface area contributed by atoms with E-state index in [0.29, 0.717) is 44.4 Å². The number of hydrogen-bond acceptors (Lipinski definition) is 5. The molecule has 7 heteroatoms. The van der Waals surface area contributed by atoms with E-state index in [2.05, 4.69) is 0 Å². The number of aryl methyl sites for hydroxylation is 2. The van der Waals surface area contributed by atoms with E-state index < -0.39 is 10.0 Å². The van der Waals surface area contributed by atoms with Crippen molar-refractivity contribution in [3.05, 3.63) is 29.3 Å². The molecule has 1 spiro atoms. The fourth-order valence-corrected chi connectivity index (χ4v) is 6.54. The van der Waals surface area contributed by atoms with Crippen LogP contribution in [0, 0.1) is 0 Å². The first-order chi connectivity index (χ1) is 14.5. The quantitative estimate of drug-likeness (QED) is 0.612. The van der Waals surface area contributed by atoms with E-state index in [4.69, 9.17) is 14.2 Å². The molecule has 168 valence electrons. The summed E-state index contributed by atoms with van der Waals surface area (Å²) in [7, 11) is -3.45. The summed E-state index contributed by atoms with van der Waals surface area (Å²) in [5, 5.41) is 0. The highest BCUT2D eigenvalue weighted by atomic mass is 32.2. The second-order valence-corrected chi connectivity index (χ2v) is 10.7. The van der Waals surface area contributed by atoms with Crippen LogP contribution in [0.15, 0.2) is 23.1 Å². The Morgan fingerprint density at radius 1 is 1.13 bits per heavy atom. The maximum absolute atomic E-state index is 13.3. The molecule has 6 nitrogen and oxygen atoms in total. The molecule has 0 saturated carbocycles. The van der Waals surface area contributed by atoms with Crippen molar-refractivity contribution in [2.24, 2.45) is 0 Å². The summed E-state index contributed by atoms with van der Waals surface area (Å²) >= 11 is 0. The number of piperidine rings is 1. The fraction of sp³-hybridized carbons (Fsp3) is 0.739. The summed E-state index contributed by atoms with van der Waals surface area (Å²) in [6.45, 7) is 5.60. The summed E-state index contributed by atoms with van der Waals surface area (Å²) in [6.07, 6.45) is 7.75. The molecule has 2 aliphatic heterocycles. The lowest BCUT2D eigenvalue weighted by atomic mass is 9.84. The van der Waals surface area contributed by atoms with Crippen molar-refractivity contribution in [3.63, 3.8) is 0 Å². The molecule has 2 heterocycles. The Balaban J connectivity index is 1.36. The number of sulfonamides is 1. The van der Waals surface area contributed by atoms with E-state index in [0.717, 1.165) is 44.9 Å². The van der Waals surface area contributed by atoms with Gasteiger partial charge in [0.1, 0.15) is 0 Å². The van der Waals surface area contributed by atoms with Gasteiger partial charge in [-0.3, -0.25) is 0 Å². The van der Waals surface area contributed by atoms with Crippen molar-refractivity contribution in [1.82, 2.24) is 4.31 Å². The first kappa shape index (κ1) is 22.2. The van der Waals surface area contributed by atoms with E-state index in [1.54, 1.807) is 10.4 Å². The third-order valence-electron chi connectivity index (χ3n) is 6.82. The minimum Gasteiger partial charge on any atom is -0.379 e. The van der Waals surface area contributed by atoms with Crippen LogP contribution < -0.4 is 0 Å². The molecule has 0 bridgehead atoms. The molecule has 0 aromatic heterocycles. The highest BCUT2D eigenvalue weighted by molar-refractivity contribution is 7.89. The van der Waals surface area contributed by atoms with Crippen LogP contribution in [0.1, 0.15) is 56.6 Å². The summed E-state index contributed by atoms with van der Waals surface area (Å²) in [5.74, 6) is 0. The van der Waals surface area contributed by atoms with Crippen LogP contribution in [0.5, 0.6) is 0 Å². The smallest absolute Gasteiger partial charge is 0.243 e. The van der Waals surface area contributed by atoms with Crippen molar-refractivity contribution in [2.75, 3.05) is 39.5 Å². The summed E-state index contributed by atoms with van der Waals surface area (Å²) < 4.78 is 45.7. The maximum Gasteiger partial charge on any atom is 0.243 e. The minimum atomic E-state index is -3.45. The van der Waals surface area contributed by atoms with Gasteiger partial charge in [-0.1, -0.05) is 6.07 Å². The molecule has 4 rings (SSSR count). The number of nitrogens with zero attached hydrogens (tertiary/aromatic N) is 1. The zero-order valence-corrected chi connectivity index (χ0v) is 18.9. The Labute approximate surface area is 180 Å². The zero-order valence-electron chi connectivity index (χ0n) is 18.1. The Morgan fingerprint density at radius 2 is 1.90 bits per heavy atom. The number of benzene rings is 1. The van der Waals surface area contributed by atoms with Crippen LogP contribution in [-0.2, 0) is 37.1 Å². The van der Waals surface area contributed by atoms with Gasteiger partial charge in [0.25, 0.3) is 0 Å². The van der Waals surface area contributed by atoms with Gasteiger partial charge in [-0.25, -0.2) is 8.42 Å². The molecule has 1 aromatic carbocycles. The first-order valence-corrected chi connectivity index (χ1v) is 12.9. The molecule has 1 aliphatic carbocycles. The molecule has 2 saturated heterocycles. The molecule has 0 radical (unpaired) electrons. The second kappa shape index (κ2) is 9.65. The van der Waals surface area contributed by atoms with Gasteiger partial charge in [0.15, 0.2) is 0 Å². The number of hydrogen-bond donors (Lipinski definition) is 0. The highest BCUT2D eigenvalue weighted by Gasteiger charge is 2.43. The largest absolute Gasteiger partial charge is 0.379 e. The molecular weight excluding hydrogens is 402 g/mol. The van der Waals surface area contributed by atoms with Gasteiger partial charge in [0, 0.05) is 32.7 Å². The number of fused-ring (bicyclic) bond motifs is 1. The zero-order chi connectivity index (χ0) is 21.0. The maximum atomic E-state index is 13.3. The molecular formula is C23H35NO5S. The van der Waals surface area contributed by atoms with Crippen LogP contribution in [0.2, 0.25) is 0 Å². The Morgan fingerprint density at radius 3 is 2.67 bits per heavy atom. The van der Waals surface area contributed by atoms with Crippen molar-refractivity contribution < 1.29 is 22.6 Å². The number of rotatable bonds is 7. The molecule has 2 fully saturated rings. The molecule has 3 aliphatic rings. The lowest BCUT2D eigenvalue weighted by molar-refractivity contribution is -0.153. The lowest BCUT2D eigenvalue weighted by Gasteiger charge is -2.45. The average Bonchev–Trinajstić information content (AvgIpc) is 2.77. The van der Waals surface area contributed by atoms with Gasteiger partial charge < -0.3 is 14.2 Å². The predicted molar refractivity (Wildman–Crippen MR) is 115 cm³/mol. The fourth-order valence-electron chi connectivity index (χ4n) is 5.04. The molecule has 1 aromatic rings. The van der Waals surface area contributed by atoms with E-state index in [1.165, 1.54) is 17.5 Å². The molecule has 1 atom stereocenters. The lowest BCUT2D eigenvalue weighted by Crippen LogP contribution is -2.52. The molecule has 1 unspecified atom stereocenters. The van der Waals surface area contributed by atoms with Gasteiger partial charge >= 0.3 is 0 Å². The van der Waals surface area contributed by atoms with E-state index >= 15 is 0 Å². The van der Waals surface area contributed by atoms with Gasteiger partial charge in [0.05, 0.1) is 29.8 Å². The van der Waals surface area contributed by atoms with E-state index in [-0.39, 0.29) is 11.7 Å². The number of ether oxygens (including phenoxy) is 3. The van der Waals surface area contributed by atoms with Gasteiger partial charge in [-0.05, 0) is 75.1 Å². The van der Waals surface area contributed by atoms with E-state index in [9.17, 15) is 8.42 Å². The van der Waals surface area contributed by atoms with Gasteiger partial charge in [-0.15, -0.1) is 0 Å². The third kappa shape index (κ3) is 4.91. The second-order valence-electron chi connectivity index (χ2n) is 8.76. The van der Waals surface area contributed by atoms with Crippen molar-refractivity contribution in [1.29, 1.82) is 0 Å². The van der Waals surface area contributed by atoms with Crippen LogP contribution >= 0.6 is 0 Å². The average molecular weight is 438 g/mol. The summed E-state index contributed by atoms with van der Waals surface area (Å²) in [6, 6.07) is 5.72. The molecule has 0 amide bonds. The first-order valence-electron chi connectivity index (χ1n) is 11.5. The highest BCUT2D eigenvalue weighted by Crippen LogP contribution is 2.37. The predicted octanol–water partition coefficient (Wildman–Crippen LogP) is 3.32. The van der Waals surface area contributed by atoms with Gasteiger partial charge in [-0.2, -0.15) is 4.31 Å². The van der Waals surface area contributed by atoms with Crippen molar-refractivity contribution in [2.45, 2.75) is 74.9 Å².